The van der Waals surface area contributed by atoms with E-state index in [-0.39, 0.29) is 0 Å². The Labute approximate surface area is 127 Å². The first kappa shape index (κ1) is 14.6. The Bertz CT molecular complexity index is 612. The molecule has 0 amide bonds. The highest BCUT2D eigenvalue weighted by Crippen LogP contribution is 2.32. The van der Waals surface area contributed by atoms with Gasteiger partial charge in [0.25, 0.3) is 0 Å². The molecule has 1 heterocycles. The number of fused-ring (bicyclic) bond motifs is 2. The third-order valence-corrected chi connectivity index (χ3v) is 4.55. The highest BCUT2D eigenvalue weighted by molar-refractivity contribution is 5.84. The van der Waals surface area contributed by atoms with Crippen molar-refractivity contribution in [2.45, 2.75) is 65.3 Å². The molecule has 1 N–H and O–H groups in total. The molecule has 2 heteroatoms. The number of aryl methyl sites for hydroxylation is 3. The topological polar surface area (TPSA) is 25.2 Å². The van der Waals surface area contributed by atoms with E-state index in [1.54, 1.807) is 5.56 Å². The highest BCUT2D eigenvalue weighted by Gasteiger charge is 2.17. The predicted octanol–water partition coefficient (Wildman–Crippen LogP) is 4.76. The second-order valence-corrected chi connectivity index (χ2v) is 6.25. The van der Waals surface area contributed by atoms with Crippen LogP contribution in [0.3, 0.4) is 0 Å². The van der Waals surface area contributed by atoms with Crippen molar-refractivity contribution in [3.63, 3.8) is 0 Å². The van der Waals surface area contributed by atoms with Gasteiger partial charge in [-0.1, -0.05) is 20.3 Å². The summed E-state index contributed by atoms with van der Waals surface area (Å²) in [6, 6.07) is 4.73. The number of nitrogens with one attached hydrogen (secondary N) is 1. The third kappa shape index (κ3) is 3.01. The lowest BCUT2D eigenvalue weighted by molar-refractivity contribution is 0.506. The number of furan rings is 1. The van der Waals surface area contributed by atoms with Crippen LogP contribution in [0.5, 0.6) is 0 Å². The highest BCUT2D eigenvalue weighted by atomic mass is 16.3. The average Bonchev–Trinajstić information content (AvgIpc) is 2.83. The summed E-state index contributed by atoms with van der Waals surface area (Å²) in [5.74, 6) is 1.16. The fourth-order valence-corrected chi connectivity index (χ4v) is 3.47. The minimum Gasteiger partial charge on any atom is -0.459 e. The van der Waals surface area contributed by atoms with Crippen LogP contribution in [0.2, 0.25) is 0 Å². The van der Waals surface area contributed by atoms with E-state index < -0.39 is 0 Å². The van der Waals surface area contributed by atoms with Crippen molar-refractivity contribution in [2.75, 3.05) is 6.54 Å². The smallest absolute Gasteiger partial charge is 0.134 e. The van der Waals surface area contributed by atoms with E-state index in [0.717, 1.165) is 37.3 Å². The van der Waals surface area contributed by atoms with E-state index in [0.29, 0.717) is 0 Å². The zero-order valence-corrected chi connectivity index (χ0v) is 13.4. The van der Waals surface area contributed by atoms with Crippen LogP contribution >= 0.6 is 0 Å². The molecule has 1 aromatic carbocycles. The molecule has 0 bridgehead atoms. The van der Waals surface area contributed by atoms with Crippen molar-refractivity contribution in [2.24, 2.45) is 0 Å². The van der Waals surface area contributed by atoms with Gasteiger partial charge in [-0.25, -0.2) is 0 Å². The zero-order valence-electron chi connectivity index (χ0n) is 13.4. The average molecular weight is 285 g/mol. The summed E-state index contributed by atoms with van der Waals surface area (Å²) in [6.07, 6.45) is 8.58. The molecule has 1 aromatic heterocycles. The van der Waals surface area contributed by atoms with Crippen molar-refractivity contribution in [1.29, 1.82) is 0 Å². The Morgan fingerprint density at radius 3 is 2.52 bits per heavy atom. The molecule has 0 unspecified atom stereocenters. The van der Waals surface area contributed by atoms with Crippen molar-refractivity contribution in [3.05, 3.63) is 34.6 Å². The first-order valence-corrected chi connectivity index (χ1v) is 8.60. The Morgan fingerprint density at radius 2 is 1.81 bits per heavy atom. The van der Waals surface area contributed by atoms with Crippen LogP contribution in [-0.2, 0) is 25.8 Å². The maximum atomic E-state index is 6.20. The van der Waals surface area contributed by atoms with Crippen LogP contribution < -0.4 is 5.32 Å². The van der Waals surface area contributed by atoms with Gasteiger partial charge >= 0.3 is 0 Å². The van der Waals surface area contributed by atoms with E-state index in [2.05, 4.69) is 31.3 Å². The molecule has 0 saturated carbocycles. The molecule has 21 heavy (non-hydrogen) atoms. The summed E-state index contributed by atoms with van der Waals surface area (Å²) in [4.78, 5) is 0. The van der Waals surface area contributed by atoms with Gasteiger partial charge < -0.3 is 9.73 Å². The van der Waals surface area contributed by atoms with Crippen molar-refractivity contribution >= 4 is 11.0 Å². The fourth-order valence-electron chi connectivity index (χ4n) is 3.47. The van der Waals surface area contributed by atoms with Crippen LogP contribution in [0.25, 0.3) is 11.0 Å². The molecule has 1 aliphatic rings. The minimum absolute atomic E-state index is 0.864. The summed E-state index contributed by atoms with van der Waals surface area (Å²) >= 11 is 0. The molecule has 1 aliphatic carbocycles. The molecular formula is C19H27NO. The molecule has 2 aromatic rings. The van der Waals surface area contributed by atoms with Gasteiger partial charge in [0, 0.05) is 10.9 Å². The monoisotopic (exact) mass is 285 g/mol. The summed E-state index contributed by atoms with van der Waals surface area (Å²) in [5, 5.41) is 4.85. The SMILES string of the molecule is CCCNCc1oc2cc3c(cc2c1CCC)CCCC3. The Hall–Kier alpha value is -1.28. The molecule has 0 spiro atoms. The fraction of sp³-hybridized carbons (Fsp3) is 0.579. The van der Waals surface area contributed by atoms with E-state index in [4.69, 9.17) is 4.42 Å². The normalized spacial score (nSPS) is 14.6. The standard InChI is InChI=1S/C19H27NO/c1-3-7-16-17-11-14-8-5-6-9-15(14)12-18(17)21-19(16)13-20-10-4-2/h11-12,20H,3-10,13H2,1-2H3. The second-order valence-electron chi connectivity index (χ2n) is 6.25. The Morgan fingerprint density at radius 1 is 1.05 bits per heavy atom. The van der Waals surface area contributed by atoms with Crippen molar-refractivity contribution in [3.8, 4) is 0 Å². The largest absolute Gasteiger partial charge is 0.459 e. The van der Waals surface area contributed by atoms with Gasteiger partial charge in [0.15, 0.2) is 0 Å². The zero-order chi connectivity index (χ0) is 14.7. The molecule has 0 radical (unpaired) electrons. The molecule has 0 fully saturated rings. The lowest BCUT2D eigenvalue weighted by Crippen LogP contribution is -2.14. The molecule has 2 nitrogen and oxygen atoms in total. The van der Waals surface area contributed by atoms with Gasteiger partial charge in [-0.2, -0.15) is 0 Å². The quantitative estimate of drug-likeness (QED) is 0.774. The van der Waals surface area contributed by atoms with Crippen LogP contribution in [0.15, 0.2) is 16.5 Å². The third-order valence-electron chi connectivity index (χ3n) is 4.55. The van der Waals surface area contributed by atoms with E-state index >= 15 is 0 Å². The van der Waals surface area contributed by atoms with E-state index in [1.807, 2.05) is 0 Å². The van der Waals surface area contributed by atoms with Gasteiger partial charge in [-0.15, -0.1) is 0 Å². The first-order valence-electron chi connectivity index (χ1n) is 8.60. The van der Waals surface area contributed by atoms with Gasteiger partial charge in [0.1, 0.15) is 11.3 Å². The molecule has 3 rings (SSSR count). The predicted molar refractivity (Wildman–Crippen MR) is 88.8 cm³/mol. The van der Waals surface area contributed by atoms with Gasteiger partial charge in [0.05, 0.1) is 6.54 Å². The Kier molecular flexibility index (Phi) is 4.64. The number of benzene rings is 1. The lowest BCUT2D eigenvalue weighted by atomic mass is 9.90. The minimum atomic E-state index is 0.864. The molecular weight excluding hydrogens is 258 g/mol. The van der Waals surface area contributed by atoms with Gasteiger partial charge in [-0.3, -0.25) is 0 Å². The second kappa shape index (κ2) is 6.65. The number of hydrogen-bond acceptors (Lipinski definition) is 2. The summed E-state index contributed by atoms with van der Waals surface area (Å²) in [5.41, 5.74) is 5.61. The summed E-state index contributed by atoms with van der Waals surface area (Å²) in [6.45, 7) is 6.37. The summed E-state index contributed by atoms with van der Waals surface area (Å²) in [7, 11) is 0. The summed E-state index contributed by atoms with van der Waals surface area (Å²) < 4.78 is 6.20. The number of hydrogen-bond donors (Lipinski definition) is 1. The van der Waals surface area contributed by atoms with Crippen LogP contribution in [0.4, 0.5) is 0 Å². The van der Waals surface area contributed by atoms with Gasteiger partial charge in [-0.05, 0) is 68.3 Å². The van der Waals surface area contributed by atoms with Crippen LogP contribution in [0, 0.1) is 0 Å². The maximum absolute atomic E-state index is 6.20. The van der Waals surface area contributed by atoms with Crippen LogP contribution in [0.1, 0.15) is 62.0 Å². The van der Waals surface area contributed by atoms with Crippen molar-refractivity contribution in [1.82, 2.24) is 5.32 Å². The van der Waals surface area contributed by atoms with Crippen LogP contribution in [-0.4, -0.2) is 6.54 Å². The molecule has 0 saturated heterocycles. The molecule has 0 atom stereocenters. The van der Waals surface area contributed by atoms with Crippen molar-refractivity contribution < 1.29 is 4.42 Å². The molecule has 114 valence electrons. The maximum Gasteiger partial charge on any atom is 0.134 e. The van der Waals surface area contributed by atoms with E-state index in [9.17, 15) is 0 Å². The Balaban J connectivity index is 1.99. The first-order chi connectivity index (χ1) is 10.3. The molecule has 0 aliphatic heterocycles. The van der Waals surface area contributed by atoms with Gasteiger partial charge in [0.2, 0.25) is 0 Å². The van der Waals surface area contributed by atoms with E-state index in [1.165, 1.54) is 48.6 Å². The number of rotatable bonds is 6. The lowest BCUT2D eigenvalue weighted by Gasteiger charge is -2.15.